The first-order valence-electron chi connectivity index (χ1n) is 23.7. The minimum Gasteiger partial charge on any atom is -0.358 e. The van der Waals surface area contributed by atoms with Crippen LogP contribution in [-0.2, 0) is 0 Å². The maximum absolute atomic E-state index is 5.20. The molecule has 4 N–H and O–H groups in total. The number of hydrogen-bond acceptors (Lipinski definition) is 4. The largest absolute Gasteiger partial charge is 0.358 e. The van der Waals surface area contributed by atoms with Crippen molar-refractivity contribution in [2.45, 2.75) is 32.1 Å². The first kappa shape index (κ1) is 40.4. The van der Waals surface area contributed by atoms with E-state index in [1.54, 1.807) is 0 Å². The summed E-state index contributed by atoms with van der Waals surface area (Å²) in [7, 11) is 0. The van der Waals surface area contributed by atoms with Crippen LogP contribution in [0.5, 0.6) is 0 Å². The van der Waals surface area contributed by atoms with Crippen molar-refractivity contribution in [3.8, 4) is 56.5 Å². The van der Waals surface area contributed by atoms with E-state index in [2.05, 4.69) is 197 Å². The first-order valence-corrected chi connectivity index (χ1v) is 23.7. The van der Waals surface area contributed by atoms with E-state index in [4.69, 9.17) is 19.9 Å². The fourth-order valence-corrected chi connectivity index (χ4v) is 10.5. The number of pyridine rings is 4. The second kappa shape index (κ2) is 16.5. The van der Waals surface area contributed by atoms with Crippen LogP contribution in [0.2, 0.25) is 0 Å². The zero-order chi connectivity index (χ0) is 46.0. The average molecular weight is 891 g/mol. The second-order valence-electron chi connectivity index (χ2n) is 18.0. The van der Waals surface area contributed by atoms with Gasteiger partial charge < -0.3 is 19.9 Å². The predicted molar refractivity (Wildman–Crippen MR) is 281 cm³/mol. The highest BCUT2D eigenvalue weighted by Crippen LogP contribution is 2.41. The van der Waals surface area contributed by atoms with Crippen LogP contribution in [0.4, 0.5) is 0 Å². The molecule has 16 bridgehead atoms. The van der Waals surface area contributed by atoms with Crippen LogP contribution in [-0.4, -0.2) is 39.9 Å². The van der Waals surface area contributed by atoms with Crippen molar-refractivity contribution in [1.29, 1.82) is 0 Å². The van der Waals surface area contributed by atoms with Crippen molar-refractivity contribution in [2.24, 2.45) is 0 Å². The van der Waals surface area contributed by atoms with Gasteiger partial charge in [-0.25, -0.2) is 19.9 Å². The van der Waals surface area contributed by atoms with Crippen LogP contribution >= 0.6 is 0 Å². The number of H-pyrrole nitrogens is 4. The highest BCUT2D eigenvalue weighted by atomic mass is 14.8. The molecule has 1 unspecified atom stereocenters. The second-order valence-corrected chi connectivity index (χ2v) is 18.0. The Hall–Kier alpha value is -8.88. The van der Waals surface area contributed by atoms with Crippen molar-refractivity contribution >= 4 is 38.3 Å². The van der Waals surface area contributed by atoms with Crippen molar-refractivity contribution in [3.63, 3.8) is 0 Å². The van der Waals surface area contributed by atoms with Crippen LogP contribution < -0.4 is 0 Å². The summed E-state index contributed by atoms with van der Waals surface area (Å²) in [6.07, 6.45) is 13.9. The number of rotatable bonds is 5. The van der Waals surface area contributed by atoms with Crippen LogP contribution in [0.15, 0.2) is 200 Å². The maximum Gasteiger partial charge on any atom is 0.0893 e. The number of benzene rings is 3. The molecule has 0 saturated carbocycles. The van der Waals surface area contributed by atoms with Crippen molar-refractivity contribution in [3.05, 3.63) is 234 Å². The molecule has 0 saturated heterocycles. The van der Waals surface area contributed by atoms with Gasteiger partial charge in [0, 0.05) is 72.8 Å². The number of fused-ring (bicyclic) bond motifs is 18. The summed E-state index contributed by atoms with van der Waals surface area (Å²) in [5.41, 5.74) is 20.8. The highest BCUT2D eigenvalue weighted by molar-refractivity contribution is 5.97. The minimum absolute atomic E-state index is 0.0363. The summed E-state index contributed by atoms with van der Waals surface area (Å²) < 4.78 is 0. The van der Waals surface area contributed by atoms with Crippen LogP contribution in [0.1, 0.15) is 66.3 Å². The summed E-state index contributed by atoms with van der Waals surface area (Å²) in [4.78, 5) is 36.5. The molecule has 0 radical (unpaired) electrons. The molecule has 2 aliphatic rings. The number of aromatic nitrogens is 8. The topological polar surface area (TPSA) is 115 Å². The monoisotopic (exact) mass is 890 g/mol. The minimum atomic E-state index is -0.151. The quantitative estimate of drug-likeness (QED) is 0.129. The number of nitrogens with one attached hydrogen (secondary N) is 4. The summed E-state index contributed by atoms with van der Waals surface area (Å²) in [6.45, 7) is 4.18. The van der Waals surface area contributed by atoms with E-state index >= 15 is 0 Å². The SMILES string of the molecule is C/C=C\C=C1\c2cccc(n2)-c2cccc(n2)-c2cccc3cc([nH]c23)C(C/C=C\C(=C/C)C2c3cc4cccc(c4[nH]3)-c3cccc(n3)-c3cccc(n3)-c3cccc4cc2[nH]c34)c2ccc1[nH]2. The Labute approximate surface area is 399 Å². The molecule has 8 aromatic heterocycles. The summed E-state index contributed by atoms with van der Waals surface area (Å²) in [5, 5.41) is 3.40. The maximum atomic E-state index is 5.20. The standard InChI is InChI=1S/C61H46N8/c1-3-5-18-40-45-23-10-27-51(63-45)52-28-11-24-46(64-52)42-20-7-15-37-33-55(67-59(37)42)41(50-32-31-49(40)62-50)19-6-14-36(4-2)58-56-34-38-16-8-21-43(60(38)68-56)47-25-12-29-53(65-47)54-30-13-26-48(66-54)44-22-9-17-39-35-57(58)69-61(39)44/h3-18,20-35,41,58,62,67-69H,19H2,1-2H3/b5-3-,14-6-,36-4+,40-18-. The van der Waals surface area contributed by atoms with Gasteiger partial charge in [-0.15, -0.1) is 0 Å². The predicted octanol–water partition coefficient (Wildman–Crippen LogP) is 14.9. The highest BCUT2D eigenvalue weighted by Gasteiger charge is 2.26. The molecule has 3 aromatic carbocycles. The number of para-hydroxylation sites is 3. The third kappa shape index (κ3) is 6.99. The van der Waals surface area contributed by atoms with E-state index in [1.807, 2.05) is 31.2 Å². The van der Waals surface area contributed by atoms with Gasteiger partial charge in [-0.3, -0.25) is 0 Å². The zero-order valence-electron chi connectivity index (χ0n) is 38.1. The summed E-state index contributed by atoms with van der Waals surface area (Å²) in [6, 6.07) is 55.6. The molecule has 0 fully saturated rings. The first-order chi connectivity index (χ1) is 34.1. The summed E-state index contributed by atoms with van der Waals surface area (Å²) >= 11 is 0. The summed E-state index contributed by atoms with van der Waals surface area (Å²) in [5.74, 6) is -0.187. The van der Waals surface area contributed by atoms with E-state index in [0.717, 1.165) is 141 Å². The van der Waals surface area contributed by atoms with E-state index in [0.29, 0.717) is 0 Å². The number of aromatic amines is 4. The zero-order valence-corrected chi connectivity index (χ0v) is 38.1. The van der Waals surface area contributed by atoms with Crippen molar-refractivity contribution in [1.82, 2.24) is 39.9 Å². The molecule has 8 nitrogen and oxygen atoms in total. The fourth-order valence-electron chi connectivity index (χ4n) is 10.5. The number of nitrogens with zero attached hydrogens (tertiary/aromatic N) is 4. The Balaban J connectivity index is 0.957. The lowest BCUT2D eigenvalue weighted by atomic mass is 9.90. The van der Waals surface area contributed by atoms with Gasteiger partial charge in [-0.1, -0.05) is 115 Å². The van der Waals surface area contributed by atoms with Crippen LogP contribution in [0.3, 0.4) is 0 Å². The Bertz CT molecular complexity index is 3810. The van der Waals surface area contributed by atoms with Gasteiger partial charge in [-0.2, -0.15) is 0 Å². The van der Waals surface area contributed by atoms with Crippen LogP contribution in [0.25, 0.3) is 94.8 Å². The van der Waals surface area contributed by atoms with Gasteiger partial charge in [0.2, 0.25) is 0 Å². The average Bonchev–Trinajstić information content (AvgIpc) is 4.23. The molecule has 0 spiro atoms. The van der Waals surface area contributed by atoms with Crippen molar-refractivity contribution in [2.75, 3.05) is 0 Å². The lowest BCUT2D eigenvalue weighted by Gasteiger charge is -2.17. The molecule has 0 amide bonds. The molecule has 13 rings (SSSR count). The normalized spacial score (nSPS) is 15.2. The molecule has 330 valence electrons. The van der Waals surface area contributed by atoms with E-state index < -0.39 is 0 Å². The van der Waals surface area contributed by atoms with E-state index in [9.17, 15) is 0 Å². The van der Waals surface area contributed by atoms with E-state index in [1.165, 1.54) is 0 Å². The Morgan fingerprint density at radius 2 is 0.913 bits per heavy atom. The molecule has 0 aliphatic carbocycles. The van der Waals surface area contributed by atoms with Gasteiger partial charge in [0.25, 0.3) is 0 Å². The Morgan fingerprint density at radius 3 is 1.42 bits per heavy atom. The molecular weight excluding hydrogens is 845 g/mol. The van der Waals surface area contributed by atoms with Gasteiger partial charge in [0.1, 0.15) is 0 Å². The molecule has 2 aliphatic heterocycles. The van der Waals surface area contributed by atoms with Gasteiger partial charge in [-0.05, 0) is 105 Å². The van der Waals surface area contributed by atoms with Gasteiger partial charge in [0.05, 0.1) is 68.0 Å². The third-order valence-electron chi connectivity index (χ3n) is 13.8. The number of hydrogen-bond donors (Lipinski definition) is 4. The smallest absolute Gasteiger partial charge is 0.0893 e. The molecule has 10 heterocycles. The molecule has 8 heteroatoms. The lowest BCUT2D eigenvalue weighted by Crippen LogP contribution is -2.05. The molecule has 1 atom stereocenters. The molecular formula is C61H46N8. The van der Waals surface area contributed by atoms with Gasteiger partial charge >= 0.3 is 0 Å². The van der Waals surface area contributed by atoms with Gasteiger partial charge in [0.15, 0.2) is 0 Å². The Kier molecular flexibility index (Phi) is 9.64. The molecule has 69 heavy (non-hydrogen) atoms. The molecule has 11 aromatic rings. The van der Waals surface area contributed by atoms with Crippen molar-refractivity contribution < 1.29 is 0 Å². The number of allylic oxidation sites excluding steroid dienone is 7. The lowest BCUT2D eigenvalue weighted by molar-refractivity contribution is 0.778. The third-order valence-corrected chi connectivity index (χ3v) is 13.8. The fraction of sp³-hybridized carbons (Fsp3) is 0.0820. The Morgan fingerprint density at radius 1 is 0.464 bits per heavy atom. The van der Waals surface area contributed by atoms with Crippen LogP contribution in [0, 0.1) is 0 Å². The van der Waals surface area contributed by atoms with E-state index in [-0.39, 0.29) is 11.8 Å².